The van der Waals surface area contributed by atoms with Crippen LogP contribution in [0.15, 0.2) is 42.5 Å². The molecule has 0 heterocycles. The number of rotatable bonds is 6. The van der Waals surface area contributed by atoms with Crippen LogP contribution in [0.3, 0.4) is 0 Å². The van der Waals surface area contributed by atoms with Gasteiger partial charge in [-0.1, -0.05) is 25.5 Å². The third kappa shape index (κ3) is 4.28. The van der Waals surface area contributed by atoms with E-state index in [-0.39, 0.29) is 6.04 Å². The zero-order valence-corrected chi connectivity index (χ0v) is 12.5. The van der Waals surface area contributed by atoms with E-state index < -0.39 is 11.6 Å². The van der Waals surface area contributed by atoms with Gasteiger partial charge in [0.15, 0.2) is 0 Å². The summed E-state index contributed by atoms with van der Waals surface area (Å²) in [4.78, 5) is 0. The number of aryl methyl sites for hydroxylation is 1. The summed E-state index contributed by atoms with van der Waals surface area (Å²) in [7, 11) is 0. The summed E-state index contributed by atoms with van der Waals surface area (Å²) in [5.41, 5.74) is 2.54. The maximum Gasteiger partial charge on any atom is 0.128 e. The van der Waals surface area contributed by atoms with Gasteiger partial charge in [-0.05, 0) is 55.7 Å². The van der Waals surface area contributed by atoms with Gasteiger partial charge in [0.25, 0.3) is 0 Å². The average molecular weight is 289 g/mol. The van der Waals surface area contributed by atoms with E-state index in [0.29, 0.717) is 5.56 Å². The lowest BCUT2D eigenvalue weighted by molar-refractivity contribution is 0.577. The average Bonchev–Trinajstić information content (AvgIpc) is 2.49. The second-order valence-electron chi connectivity index (χ2n) is 5.33. The molecular formula is C18H21F2N. The highest BCUT2D eigenvalue weighted by atomic mass is 19.1. The van der Waals surface area contributed by atoms with Crippen molar-refractivity contribution in [1.29, 1.82) is 0 Å². The van der Waals surface area contributed by atoms with Crippen LogP contribution in [0.2, 0.25) is 0 Å². The Kier molecular flexibility index (Phi) is 5.32. The molecule has 0 aliphatic heterocycles. The van der Waals surface area contributed by atoms with Crippen molar-refractivity contribution in [3.63, 3.8) is 0 Å². The van der Waals surface area contributed by atoms with E-state index in [0.717, 1.165) is 24.2 Å². The Labute approximate surface area is 125 Å². The topological polar surface area (TPSA) is 12.0 Å². The molecule has 2 rings (SSSR count). The van der Waals surface area contributed by atoms with E-state index >= 15 is 0 Å². The van der Waals surface area contributed by atoms with E-state index in [4.69, 9.17) is 0 Å². The van der Waals surface area contributed by atoms with Gasteiger partial charge in [-0.15, -0.1) is 0 Å². The standard InChI is InChI=1S/C18H21F2N/c1-3-4-5-14-6-9-16(10-7-14)21-13(2)17-12-15(19)8-11-18(17)20/h6-13,21H,3-5H2,1-2H3. The second-order valence-corrected chi connectivity index (χ2v) is 5.33. The van der Waals surface area contributed by atoms with Crippen LogP contribution < -0.4 is 5.32 Å². The number of hydrogen-bond acceptors (Lipinski definition) is 1. The molecule has 1 nitrogen and oxygen atoms in total. The fraction of sp³-hybridized carbons (Fsp3) is 0.333. The van der Waals surface area contributed by atoms with Crippen LogP contribution in [0.5, 0.6) is 0 Å². The van der Waals surface area contributed by atoms with Crippen molar-refractivity contribution in [2.24, 2.45) is 0 Å². The first kappa shape index (κ1) is 15.5. The van der Waals surface area contributed by atoms with Crippen molar-refractivity contribution in [2.45, 2.75) is 39.2 Å². The molecule has 0 fully saturated rings. The first-order chi connectivity index (χ1) is 10.1. The minimum absolute atomic E-state index is 0.290. The van der Waals surface area contributed by atoms with Crippen LogP contribution in [-0.4, -0.2) is 0 Å². The molecule has 0 saturated heterocycles. The second kappa shape index (κ2) is 7.21. The van der Waals surface area contributed by atoms with Gasteiger partial charge in [-0.25, -0.2) is 8.78 Å². The highest BCUT2D eigenvalue weighted by Gasteiger charge is 2.11. The number of hydrogen-bond donors (Lipinski definition) is 1. The minimum Gasteiger partial charge on any atom is -0.378 e. The summed E-state index contributed by atoms with van der Waals surface area (Å²) in [5, 5.41) is 3.20. The Balaban J connectivity index is 2.05. The SMILES string of the molecule is CCCCc1ccc(NC(C)c2cc(F)ccc2F)cc1. The normalized spacial score (nSPS) is 12.2. The largest absolute Gasteiger partial charge is 0.378 e. The number of benzene rings is 2. The molecule has 0 saturated carbocycles. The summed E-state index contributed by atoms with van der Waals surface area (Å²) >= 11 is 0. The molecule has 0 bridgehead atoms. The highest BCUT2D eigenvalue weighted by molar-refractivity contribution is 5.46. The molecule has 1 N–H and O–H groups in total. The van der Waals surface area contributed by atoms with Crippen LogP contribution in [-0.2, 0) is 6.42 Å². The van der Waals surface area contributed by atoms with Crippen LogP contribution >= 0.6 is 0 Å². The predicted molar refractivity (Wildman–Crippen MR) is 83.4 cm³/mol. The molecule has 21 heavy (non-hydrogen) atoms. The molecule has 0 radical (unpaired) electrons. The summed E-state index contributed by atoms with van der Waals surface area (Å²) in [6.45, 7) is 3.99. The number of anilines is 1. The number of unbranched alkanes of at least 4 members (excludes halogenated alkanes) is 1. The van der Waals surface area contributed by atoms with E-state index in [1.54, 1.807) is 0 Å². The van der Waals surface area contributed by atoms with Gasteiger partial charge in [0, 0.05) is 11.3 Å². The molecule has 1 atom stereocenters. The molecule has 0 aliphatic carbocycles. The van der Waals surface area contributed by atoms with Crippen molar-refractivity contribution in [1.82, 2.24) is 0 Å². The van der Waals surface area contributed by atoms with Gasteiger partial charge in [-0.2, -0.15) is 0 Å². The van der Waals surface area contributed by atoms with Crippen LogP contribution in [0.1, 0.15) is 43.9 Å². The van der Waals surface area contributed by atoms with Gasteiger partial charge < -0.3 is 5.32 Å². The van der Waals surface area contributed by atoms with Gasteiger partial charge >= 0.3 is 0 Å². The molecular weight excluding hydrogens is 268 g/mol. The molecule has 0 aromatic heterocycles. The summed E-state index contributed by atoms with van der Waals surface area (Å²) in [6.07, 6.45) is 3.43. The quantitative estimate of drug-likeness (QED) is 0.742. The van der Waals surface area contributed by atoms with Crippen molar-refractivity contribution < 1.29 is 8.78 Å². The molecule has 2 aromatic rings. The lowest BCUT2D eigenvalue weighted by atomic mass is 10.1. The molecule has 0 amide bonds. The smallest absolute Gasteiger partial charge is 0.128 e. The zero-order chi connectivity index (χ0) is 15.2. The number of nitrogens with one attached hydrogen (secondary N) is 1. The fourth-order valence-corrected chi connectivity index (χ4v) is 2.32. The summed E-state index contributed by atoms with van der Waals surface area (Å²) in [5.74, 6) is -0.814. The van der Waals surface area contributed by atoms with Gasteiger partial charge in [0.1, 0.15) is 11.6 Å². The minimum atomic E-state index is -0.421. The Morgan fingerprint density at radius 3 is 2.43 bits per heavy atom. The van der Waals surface area contributed by atoms with E-state index in [2.05, 4.69) is 24.4 Å². The third-order valence-corrected chi connectivity index (χ3v) is 3.58. The van der Waals surface area contributed by atoms with Crippen LogP contribution in [0.25, 0.3) is 0 Å². The van der Waals surface area contributed by atoms with E-state index in [1.165, 1.54) is 24.5 Å². The Hall–Kier alpha value is -1.90. The molecule has 0 spiro atoms. The Morgan fingerprint density at radius 1 is 1.05 bits per heavy atom. The summed E-state index contributed by atoms with van der Waals surface area (Å²) < 4.78 is 26.9. The van der Waals surface area contributed by atoms with Crippen molar-refractivity contribution in [2.75, 3.05) is 5.32 Å². The predicted octanol–water partition coefficient (Wildman–Crippen LogP) is 5.48. The van der Waals surface area contributed by atoms with Crippen molar-refractivity contribution in [3.05, 3.63) is 65.2 Å². The molecule has 2 aromatic carbocycles. The van der Waals surface area contributed by atoms with E-state index in [9.17, 15) is 8.78 Å². The maximum absolute atomic E-state index is 13.7. The molecule has 0 aliphatic rings. The zero-order valence-electron chi connectivity index (χ0n) is 12.5. The molecule has 112 valence electrons. The summed E-state index contributed by atoms with van der Waals surface area (Å²) in [6, 6.07) is 11.4. The molecule has 3 heteroatoms. The monoisotopic (exact) mass is 289 g/mol. The lowest BCUT2D eigenvalue weighted by Crippen LogP contribution is -2.09. The van der Waals surface area contributed by atoms with Crippen LogP contribution in [0, 0.1) is 11.6 Å². The highest BCUT2D eigenvalue weighted by Crippen LogP contribution is 2.23. The Bertz CT molecular complexity index is 578. The molecule has 1 unspecified atom stereocenters. The van der Waals surface area contributed by atoms with E-state index in [1.807, 2.05) is 19.1 Å². The van der Waals surface area contributed by atoms with Crippen LogP contribution in [0.4, 0.5) is 14.5 Å². The number of halogens is 2. The Morgan fingerprint density at radius 2 is 1.76 bits per heavy atom. The van der Waals surface area contributed by atoms with Gasteiger partial charge in [0.05, 0.1) is 6.04 Å². The third-order valence-electron chi connectivity index (χ3n) is 3.58. The van der Waals surface area contributed by atoms with Gasteiger partial charge in [-0.3, -0.25) is 0 Å². The van der Waals surface area contributed by atoms with Crippen molar-refractivity contribution >= 4 is 5.69 Å². The maximum atomic E-state index is 13.7. The van der Waals surface area contributed by atoms with Gasteiger partial charge in [0.2, 0.25) is 0 Å². The van der Waals surface area contributed by atoms with Crippen molar-refractivity contribution in [3.8, 4) is 0 Å². The first-order valence-electron chi connectivity index (χ1n) is 7.40. The lowest BCUT2D eigenvalue weighted by Gasteiger charge is -2.17. The first-order valence-corrected chi connectivity index (χ1v) is 7.40. The fourth-order valence-electron chi connectivity index (χ4n) is 2.32.